The summed E-state index contributed by atoms with van der Waals surface area (Å²) < 4.78 is 0. The summed E-state index contributed by atoms with van der Waals surface area (Å²) in [6.07, 6.45) is 2.98. The van der Waals surface area contributed by atoms with Gasteiger partial charge in [-0.2, -0.15) is 0 Å². The number of aliphatic hydroxyl groups excluding tert-OH is 1. The van der Waals surface area contributed by atoms with Gasteiger partial charge in [0, 0.05) is 5.56 Å². The Morgan fingerprint density at radius 3 is 2.62 bits per heavy atom. The summed E-state index contributed by atoms with van der Waals surface area (Å²) >= 11 is 0. The fourth-order valence-corrected chi connectivity index (χ4v) is 1.62. The molecule has 0 aliphatic carbocycles. The van der Waals surface area contributed by atoms with E-state index in [-0.39, 0.29) is 5.75 Å². The molecule has 0 spiro atoms. The van der Waals surface area contributed by atoms with E-state index in [2.05, 4.69) is 6.08 Å². The maximum Gasteiger partial charge on any atom is 0.121 e. The third kappa shape index (κ3) is 3.70. The van der Waals surface area contributed by atoms with Crippen LogP contribution in [0.4, 0.5) is 0 Å². The molecule has 2 N–H and O–H groups in total. The normalized spacial score (nSPS) is 12.2. The number of benzene rings is 1. The molecule has 0 aromatic heterocycles. The van der Waals surface area contributed by atoms with Crippen LogP contribution >= 0.6 is 0 Å². The smallest absolute Gasteiger partial charge is 0.121 e. The van der Waals surface area contributed by atoms with Gasteiger partial charge in [-0.3, -0.25) is 0 Å². The summed E-state index contributed by atoms with van der Waals surface area (Å²) in [6, 6.07) is 5.37. The minimum absolute atomic E-state index is 0.185. The molecule has 0 heterocycles. The van der Waals surface area contributed by atoms with Crippen molar-refractivity contribution in [1.29, 1.82) is 0 Å². The lowest BCUT2D eigenvalue weighted by Gasteiger charge is -2.12. The largest absolute Gasteiger partial charge is 0.508 e. The van der Waals surface area contributed by atoms with Gasteiger partial charge in [-0.25, -0.2) is 0 Å². The van der Waals surface area contributed by atoms with E-state index >= 15 is 0 Å². The molecular formula is C14H20O2. The highest BCUT2D eigenvalue weighted by Crippen LogP contribution is 2.28. The Bertz CT molecular complexity index is 376. The molecule has 0 amide bonds. The fraction of sp³-hybridized carbons (Fsp3) is 0.429. The Hall–Kier alpha value is -1.28. The maximum absolute atomic E-state index is 9.92. The van der Waals surface area contributed by atoms with E-state index in [4.69, 9.17) is 0 Å². The van der Waals surface area contributed by atoms with Crippen molar-refractivity contribution < 1.29 is 10.2 Å². The van der Waals surface area contributed by atoms with Crippen LogP contribution in [0.3, 0.4) is 0 Å². The standard InChI is InChI=1S/C14H20O2/c1-10(2)5-4-6-13(15)12-8-7-11(3)9-14(12)16/h5,7-9,13,15-16H,4,6H2,1-3H3. The highest BCUT2D eigenvalue weighted by molar-refractivity contribution is 5.37. The molecule has 1 rings (SSSR count). The summed E-state index contributed by atoms with van der Waals surface area (Å²) in [6.45, 7) is 5.99. The molecule has 0 saturated carbocycles. The second-order valence-electron chi connectivity index (χ2n) is 4.44. The molecule has 1 aromatic carbocycles. The molecule has 0 saturated heterocycles. The molecule has 0 fully saturated rings. The summed E-state index contributed by atoms with van der Waals surface area (Å²) in [7, 11) is 0. The van der Waals surface area contributed by atoms with Crippen molar-refractivity contribution >= 4 is 0 Å². The first-order valence-electron chi connectivity index (χ1n) is 5.61. The van der Waals surface area contributed by atoms with Gasteiger partial charge in [0.15, 0.2) is 0 Å². The molecule has 0 bridgehead atoms. The first kappa shape index (κ1) is 12.8. The number of aliphatic hydroxyl groups is 1. The number of hydrogen-bond acceptors (Lipinski definition) is 2. The zero-order chi connectivity index (χ0) is 12.1. The topological polar surface area (TPSA) is 40.5 Å². The summed E-state index contributed by atoms with van der Waals surface area (Å²) in [5, 5.41) is 19.6. The second kappa shape index (κ2) is 5.71. The van der Waals surface area contributed by atoms with Gasteiger partial charge in [0.2, 0.25) is 0 Å². The average Bonchev–Trinajstić information content (AvgIpc) is 2.16. The van der Waals surface area contributed by atoms with Crippen LogP contribution in [-0.2, 0) is 0 Å². The molecule has 0 radical (unpaired) electrons. The number of aromatic hydroxyl groups is 1. The highest BCUT2D eigenvalue weighted by atomic mass is 16.3. The Morgan fingerprint density at radius 1 is 1.38 bits per heavy atom. The molecular weight excluding hydrogens is 200 g/mol. The lowest BCUT2D eigenvalue weighted by atomic mass is 10.0. The van der Waals surface area contributed by atoms with Crippen molar-refractivity contribution in [3.05, 3.63) is 41.0 Å². The Balaban J connectivity index is 2.66. The van der Waals surface area contributed by atoms with Crippen LogP contribution in [0.5, 0.6) is 5.75 Å². The van der Waals surface area contributed by atoms with E-state index in [1.165, 1.54) is 5.57 Å². The molecule has 1 aromatic rings. The minimum atomic E-state index is -0.587. The molecule has 1 atom stereocenters. The summed E-state index contributed by atoms with van der Waals surface area (Å²) in [5.41, 5.74) is 2.87. The zero-order valence-corrected chi connectivity index (χ0v) is 10.2. The van der Waals surface area contributed by atoms with Crippen LogP contribution in [0.1, 0.15) is 43.9 Å². The molecule has 0 aliphatic heterocycles. The Labute approximate surface area is 97.2 Å². The SMILES string of the molecule is CC(C)=CCCC(O)c1ccc(C)cc1O. The van der Waals surface area contributed by atoms with E-state index in [0.29, 0.717) is 12.0 Å². The van der Waals surface area contributed by atoms with E-state index in [9.17, 15) is 10.2 Å². The van der Waals surface area contributed by atoms with Crippen molar-refractivity contribution in [3.63, 3.8) is 0 Å². The monoisotopic (exact) mass is 220 g/mol. The minimum Gasteiger partial charge on any atom is -0.508 e. The van der Waals surface area contributed by atoms with Crippen LogP contribution in [0.15, 0.2) is 29.8 Å². The predicted molar refractivity (Wildman–Crippen MR) is 66.5 cm³/mol. The van der Waals surface area contributed by atoms with Gasteiger partial charge < -0.3 is 10.2 Å². The van der Waals surface area contributed by atoms with E-state index in [1.807, 2.05) is 26.8 Å². The van der Waals surface area contributed by atoms with Gasteiger partial charge in [0.1, 0.15) is 5.75 Å². The maximum atomic E-state index is 9.92. The molecule has 2 heteroatoms. The number of aryl methyl sites for hydroxylation is 1. The van der Waals surface area contributed by atoms with Gasteiger partial charge in [0.05, 0.1) is 6.10 Å². The van der Waals surface area contributed by atoms with Gasteiger partial charge >= 0.3 is 0 Å². The Kier molecular flexibility index (Phi) is 4.56. The lowest BCUT2D eigenvalue weighted by Crippen LogP contribution is -1.97. The van der Waals surface area contributed by atoms with Gasteiger partial charge in [-0.15, -0.1) is 0 Å². The molecule has 1 unspecified atom stereocenters. The van der Waals surface area contributed by atoms with Crippen molar-refractivity contribution in [2.75, 3.05) is 0 Å². The van der Waals surface area contributed by atoms with E-state index in [1.54, 1.807) is 12.1 Å². The predicted octanol–water partition coefficient (Wildman–Crippen LogP) is 3.48. The number of phenolic OH excluding ortho intramolecular Hbond substituents is 1. The molecule has 0 aliphatic rings. The fourth-order valence-electron chi connectivity index (χ4n) is 1.62. The average molecular weight is 220 g/mol. The van der Waals surface area contributed by atoms with Crippen molar-refractivity contribution in [3.8, 4) is 5.75 Å². The molecule has 16 heavy (non-hydrogen) atoms. The first-order chi connectivity index (χ1) is 7.50. The first-order valence-corrected chi connectivity index (χ1v) is 5.61. The zero-order valence-electron chi connectivity index (χ0n) is 10.2. The highest BCUT2D eigenvalue weighted by Gasteiger charge is 2.11. The van der Waals surface area contributed by atoms with Crippen LogP contribution in [0.25, 0.3) is 0 Å². The summed E-state index contributed by atoms with van der Waals surface area (Å²) in [4.78, 5) is 0. The second-order valence-corrected chi connectivity index (χ2v) is 4.44. The van der Waals surface area contributed by atoms with Gasteiger partial charge in [-0.1, -0.05) is 23.8 Å². The number of hydrogen-bond donors (Lipinski definition) is 2. The van der Waals surface area contributed by atoms with Crippen LogP contribution in [-0.4, -0.2) is 10.2 Å². The quantitative estimate of drug-likeness (QED) is 0.763. The molecule has 88 valence electrons. The number of rotatable bonds is 4. The van der Waals surface area contributed by atoms with Gasteiger partial charge in [0.25, 0.3) is 0 Å². The number of allylic oxidation sites excluding steroid dienone is 2. The van der Waals surface area contributed by atoms with Crippen molar-refractivity contribution in [2.45, 2.75) is 39.7 Å². The van der Waals surface area contributed by atoms with E-state index in [0.717, 1.165) is 12.0 Å². The van der Waals surface area contributed by atoms with Crippen LogP contribution in [0, 0.1) is 6.92 Å². The molecule has 2 nitrogen and oxygen atoms in total. The summed E-state index contributed by atoms with van der Waals surface area (Å²) in [5.74, 6) is 0.185. The lowest BCUT2D eigenvalue weighted by molar-refractivity contribution is 0.165. The van der Waals surface area contributed by atoms with E-state index < -0.39 is 6.10 Å². The number of phenols is 1. The van der Waals surface area contributed by atoms with Crippen molar-refractivity contribution in [2.24, 2.45) is 0 Å². The van der Waals surface area contributed by atoms with Crippen LogP contribution in [0.2, 0.25) is 0 Å². The van der Waals surface area contributed by atoms with Crippen LogP contribution < -0.4 is 0 Å². The Morgan fingerprint density at radius 2 is 2.06 bits per heavy atom. The van der Waals surface area contributed by atoms with Crippen molar-refractivity contribution in [1.82, 2.24) is 0 Å². The third-order valence-electron chi connectivity index (χ3n) is 2.54. The van der Waals surface area contributed by atoms with Gasteiger partial charge in [-0.05, 0) is 45.2 Å². The third-order valence-corrected chi connectivity index (χ3v) is 2.54.